The van der Waals surface area contributed by atoms with Crippen LogP contribution >= 0.6 is 0 Å². The number of aldehydes is 1. The van der Waals surface area contributed by atoms with E-state index in [1.807, 2.05) is 24.3 Å². The van der Waals surface area contributed by atoms with E-state index in [9.17, 15) is 13.6 Å². The highest BCUT2D eigenvalue weighted by molar-refractivity contribution is 5.87. The second-order valence-corrected chi connectivity index (χ2v) is 5.39. The van der Waals surface area contributed by atoms with Crippen molar-refractivity contribution in [2.45, 2.75) is 19.3 Å². The third kappa shape index (κ3) is 2.64. The lowest BCUT2D eigenvalue weighted by Crippen LogP contribution is -2.06. The van der Waals surface area contributed by atoms with Crippen molar-refractivity contribution in [1.29, 1.82) is 0 Å². The van der Waals surface area contributed by atoms with Crippen LogP contribution < -0.4 is 0 Å². The molecule has 1 aliphatic rings. The van der Waals surface area contributed by atoms with Gasteiger partial charge in [0.2, 0.25) is 0 Å². The Morgan fingerprint density at radius 1 is 1.05 bits per heavy atom. The van der Waals surface area contributed by atoms with Gasteiger partial charge in [0, 0.05) is 18.9 Å². The van der Waals surface area contributed by atoms with Gasteiger partial charge in [-0.2, -0.15) is 0 Å². The zero-order valence-corrected chi connectivity index (χ0v) is 11.6. The number of allylic oxidation sites excluding steroid dienone is 1. The van der Waals surface area contributed by atoms with Gasteiger partial charge in [0.05, 0.1) is 0 Å². The molecule has 1 nitrogen and oxygen atoms in total. The Labute approximate surface area is 121 Å². The van der Waals surface area contributed by atoms with Gasteiger partial charge in [0.1, 0.15) is 6.29 Å². The lowest BCUT2D eigenvalue weighted by molar-refractivity contribution is -0.104. The Hall–Kier alpha value is -2.29. The zero-order chi connectivity index (χ0) is 15.0. The minimum atomic E-state index is -2.82. The third-order valence-electron chi connectivity index (χ3n) is 3.76. The summed E-state index contributed by atoms with van der Waals surface area (Å²) in [5, 5.41) is 0. The van der Waals surface area contributed by atoms with Gasteiger partial charge in [-0.25, -0.2) is 8.78 Å². The number of carbonyl (C=O) groups excluding carboxylic acids is 1. The average Bonchev–Trinajstić information content (AvgIpc) is 2.88. The highest BCUT2D eigenvalue weighted by Crippen LogP contribution is 2.32. The Bertz CT molecular complexity index is 722. The van der Waals surface area contributed by atoms with Crippen LogP contribution in [0.5, 0.6) is 0 Å². The molecule has 0 aliphatic heterocycles. The normalized spacial score (nSPS) is 13.8. The summed E-state index contributed by atoms with van der Waals surface area (Å²) in [6, 6.07) is 12.2. The number of fused-ring (bicyclic) bond motifs is 1. The van der Waals surface area contributed by atoms with Gasteiger partial charge in [-0.1, -0.05) is 36.4 Å². The van der Waals surface area contributed by atoms with Crippen molar-refractivity contribution in [3.63, 3.8) is 0 Å². The fraction of sp³-hybridized carbons (Fsp3) is 0.167. The lowest BCUT2D eigenvalue weighted by Gasteiger charge is -2.11. The van der Waals surface area contributed by atoms with Crippen LogP contribution in [0.4, 0.5) is 8.78 Å². The Morgan fingerprint density at radius 3 is 2.33 bits per heavy atom. The number of rotatable bonds is 3. The van der Waals surface area contributed by atoms with Crippen LogP contribution in [0, 0.1) is 0 Å². The number of alkyl halides is 2. The molecule has 0 amide bonds. The number of hydrogen-bond donors (Lipinski definition) is 0. The quantitative estimate of drug-likeness (QED) is 0.753. The molecule has 1 aliphatic carbocycles. The Kier molecular flexibility index (Phi) is 3.20. The molecule has 0 spiro atoms. The van der Waals surface area contributed by atoms with E-state index in [4.69, 9.17) is 0 Å². The van der Waals surface area contributed by atoms with E-state index in [-0.39, 0.29) is 5.56 Å². The topological polar surface area (TPSA) is 17.1 Å². The summed E-state index contributed by atoms with van der Waals surface area (Å²) in [4.78, 5) is 10.8. The summed E-state index contributed by atoms with van der Waals surface area (Å²) < 4.78 is 26.4. The summed E-state index contributed by atoms with van der Waals surface area (Å²) in [5.74, 6) is -2.82. The first-order chi connectivity index (χ1) is 9.97. The summed E-state index contributed by atoms with van der Waals surface area (Å²) in [6.07, 6.45) is 3.41. The van der Waals surface area contributed by atoms with Crippen LogP contribution in [-0.4, -0.2) is 6.29 Å². The molecular weight excluding hydrogens is 270 g/mol. The predicted octanol–water partition coefficient (Wildman–Crippen LogP) is 4.60. The van der Waals surface area contributed by atoms with Crippen molar-refractivity contribution in [2.24, 2.45) is 0 Å². The van der Waals surface area contributed by atoms with Crippen molar-refractivity contribution in [3.05, 3.63) is 64.7 Å². The monoisotopic (exact) mass is 284 g/mol. The molecule has 3 heteroatoms. The molecule has 0 radical (unpaired) electrons. The summed E-state index contributed by atoms with van der Waals surface area (Å²) in [5.41, 5.74) is 4.78. The van der Waals surface area contributed by atoms with Gasteiger partial charge in [0.25, 0.3) is 5.92 Å². The largest absolute Gasteiger partial charge is 0.298 e. The van der Waals surface area contributed by atoms with E-state index < -0.39 is 5.92 Å². The fourth-order valence-electron chi connectivity index (χ4n) is 2.57. The standard InChI is InChI=1S/C18H14F2O/c1-18(19,20)17-6-4-13(5-7-17)15-3-2-14-8-12(11-21)9-16(14)10-15/h2-7,9-11H,8H2,1H3. The maximum absolute atomic E-state index is 13.2. The molecule has 0 aromatic heterocycles. The molecule has 2 aromatic carbocycles. The second-order valence-electron chi connectivity index (χ2n) is 5.39. The molecule has 0 unspecified atom stereocenters. The van der Waals surface area contributed by atoms with Crippen molar-refractivity contribution in [3.8, 4) is 11.1 Å². The SMILES string of the molecule is CC(F)(F)c1ccc(-c2ccc3c(c2)C=C(C=O)C3)cc1. The van der Waals surface area contributed by atoms with Crippen molar-refractivity contribution < 1.29 is 13.6 Å². The Balaban J connectivity index is 1.95. The van der Waals surface area contributed by atoms with Crippen LogP contribution in [0.3, 0.4) is 0 Å². The van der Waals surface area contributed by atoms with Crippen LogP contribution in [0.2, 0.25) is 0 Å². The van der Waals surface area contributed by atoms with E-state index in [1.54, 1.807) is 12.1 Å². The molecular formula is C18H14F2O. The number of benzene rings is 2. The molecule has 0 saturated heterocycles. The first-order valence-corrected chi connectivity index (χ1v) is 6.75. The van der Waals surface area contributed by atoms with Gasteiger partial charge in [-0.05, 0) is 40.0 Å². The van der Waals surface area contributed by atoms with Gasteiger partial charge in [0.15, 0.2) is 0 Å². The van der Waals surface area contributed by atoms with Crippen molar-refractivity contribution in [1.82, 2.24) is 0 Å². The van der Waals surface area contributed by atoms with Crippen LogP contribution in [-0.2, 0) is 17.1 Å². The van der Waals surface area contributed by atoms with Crippen LogP contribution in [0.15, 0.2) is 48.0 Å². The maximum atomic E-state index is 13.2. The molecule has 106 valence electrons. The molecule has 21 heavy (non-hydrogen) atoms. The lowest BCUT2D eigenvalue weighted by atomic mass is 9.98. The zero-order valence-electron chi connectivity index (χ0n) is 11.6. The summed E-state index contributed by atoms with van der Waals surface area (Å²) >= 11 is 0. The van der Waals surface area contributed by atoms with Crippen molar-refractivity contribution >= 4 is 12.4 Å². The molecule has 0 bridgehead atoms. The smallest absolute Gasteiger partial charge is 0.270 e. The number of halogens is 2. The number of hydrogen-bond acceptors (Lipinski definition) is 1. The summed E-state index contributed by atoms with van der Waals surface area (Å²) in [6.45, 7) is 0.892. The average molecular weight is 284 g/mol. The molecule has 0 heterocycles. The predicted molar refractivity (Wildman–Crippen MR) is 79.2 cm³/mol. The van der Waals surface area contributed by atoms with Gasteiger partial charge >= 0.3 is 0 Å². The minimum Gasteiger partial charge on any atom is -0.298 e. The van der Waals surface area contributed by atoms with E-state index in [2.05, 4.69) is 0 Å². The first kappa shape index (κ1) is 13.7. The highest BCUT2D eigenvalue weighted by atomic mass is 19.3. The maximum Gasteiger partial charge on any atom is 0.270 e. The number of carbonyl (C=O) groups is 1. The second kappa shape index (κ2) is 4.92. The van der Waals surface area contributed by atoms with E-state index in [1.165, 1.54) is 12.1 Å². The third-order valence-corrected chi connectivity index (χ3v) is 3.76. The van der Waals surface area contributed by atoms with E-state index in [0.29, 0.717) is 6.42 Å². The molecule has 0 atom stereocenters. The molecule has 2 aromatic rings. The van der Waals surface area contributed by atoms with Crippen LogP contribution in [0.25, 0.3) is 17.2 Å². The first-order valence-electron chi connectivity index (χ1n) is 6.75. The Morgan fingerprint density at radius 2 is 1.71 bits per heavy atom. The molecule has 3 rings (SSSR count). The minimum absolute atomic E-state index is 0.00977. The van der Waals surface area contributed by atoms with Gasteiger partial charge in [-0.3, -0.25) is 4.79 Å². The highest BCUT2D eigenvalue weighted by Gasteiger charge is 2.23. The van der Waals surface area contributed by atoms with Gasteiger partial charge in [-0.15, -0.1) is 0 Å². The summed E-state index contributed by atoms with van der Waals surface area (Å²) in [7, 11) is 0. The van der Waals surface area contributed by atoms with Crippen LogP contribution in [0.1, 0.15) is 23.6 Å². The van der Waals surface area contributed by atoms with Crippen molar-refractivity contribution in [2.75, 3.05) is 0 Å². The fourth-order valence-corrected chi connectivity index (χ4v) is 2.57. The molecule has 0 saturated carbocycles. The molecule has 0 fully saturated rings. The van der Waals surface area contributed by atoms with E-state index in [0.717, 1.165) is 41.0 Å². The van der Waals surface area contributed by atoms with E-state index >= 15 is 0 Å². The molecule has 0 N–H and O–H groups in total. The van der Waals surface area contributed by atoms with Gasteiger partial charge < -0.3 is 0 Å².